The number of ether oxygens (including phenoxy) is 1. The fourth-order valence-electron chi connectivity index (χ4n) is 6.55. The Labute approximate surface area is 280 Å². The molecule has 0 unspecified atom stereocenters. The van der Waals surface area contributed by atoms with Crippen LogP contribution < -0.4 is 4.74 Å². The summed E-state index contributed by atoms with van der Waals surface area (Å²) < 4.78 is 128. The summed E-state index contributed by atoms with van der Waals surface area (Å²) in [6.45, 7) is 0. The smallest absolute Gasteiger partial charge is 0.135 e. The highest BCUT2D eigenvalue weighted by atomic mass is 16.5. The molecule has 208 valence electrons. The molecule has 0 aliphatic carbocycles. The Kier molecular flexibility index (Phi) is 3.04. The van der Waals surface area contributed by atoms with Gasteiger partial charge in [-0.05, 0) is 101 Å². The normalized spacial score (nSPS) is 16.5. The number of hydrogen-bond donors (Lipinski definition) is 0. The van der Waals surface area contributed by atoms with Crippen molar-refractivity contribution in [1.29, 1.82) is 0 Å². The van der Waals surface area contributed by atoms with Gasteiger partial charge in [-0.2, -0.15) is 0 Å². The van der Waals surface area contributed by atoms with E-state index >= 15 is 0 Å². The van der Waals surface area contributed by atoms with Gasteiger partial charge >= 0.3 is 0 Å². The molecule has 0 bridgehead atoms. The molecule has 1 heterocycles. The summed E-state index contributed by atoms with van der Waals surface area (Å²) in [5, 5.41) is 1.35. The van der Waals surface area contributed by atoms with E-state index in [9.17, 15) is 2.74 Å². The van der Waals surface area contributed by atoms with E-state index in [0.29, 0.717) is 39.0 Å². The van der Waals surface area contributed by atoms with Crippen molar-refractivity contribution in [3.05, 3.63) is 157 Å². The van der Waals surface area contributed by atoms with E-state index in [4.69, 9.17) is 21.2 Å². The van der Waals surface area contributed by atoms with Gasteiger partial charge in [-0.15, -0.1) is 0 Å². The van der Waals surface area contributed by atoms with E-state index < -0.39 is 54.4 Å². The number of hydrogen-bond acceptors (Lipinski definition) is 1. The Balaban J connectivity index is 1.18. The molecule has 0 aromatic heterocycles. The van der Waals surface area contributed by atoms with Gasteiger partial charge in [0, 0.05) is 10.9 Å². The summed E-state index contributed by atoms with van der Waals surface area (Å²) in [5.74, 6) is 1.11. The second-order valence-corrected chi connectivity index (χ2v) is 11.0. The molecule has 9 aromatic carbocycles. The van der Waals surface area contributed by atoms with Crippen LogP contribution in [0.15, 0.2) is 157 Å². The first kappa shape index (κ1) is 14.7. The third-order valence-corrected chi connectivity index (χ3v) is 8.56. The molecule has 1 heteroatoms. The van der Waals surface area contributed by atoms with Gasteiger partial charge in [-0.1, -0.05) is 133 Å². The van der Waals surface area contributed by atoms with E-state index in [-0.39, 0.29) is 73.7 Å². The third-order valence-electron chi connectivity index (χ3n) is 8.56. The van der Waals surface area contributed by atoms with Gasteiger partial charge in [0.15, 0.2) is 0 Å². The molecule has 0 radical (unpaired) electrons. The Morgan fingerprint density at radius 3 is 2.00 bits per heavy atom. The molecular weight excluding hydrogens is 544 g/mol. The van der Waals surface area contributed by atoms with Crippen molar-refractivity contribution in [1.82, 2.24) is 0 Å². The quantitative estimate of drug-likeness (QED) is 0.188. The minimum absolute atomic E-state index is 0.0846. The highest BCUT2D eigenvalue weighted by Gasteiger charge is 2.22. The molecule has 0 atom stereocenters. The molecule has 0 spiro atoms. The maximum absolute atomic E-state index is 9.23. The maximum atomic E-state index is 9.23. The molecule has 1 aliphatic rings. The van der Waals surface area contributed by atoms with Crippen molar-refractivity contribution in [3.8, 4) is 56.0 Å². The van der Waals surface area contributed by atoms with Gasteiger partial charge in [-0.3, -0.25) is 0 Å². The van der Waals surface area contributed by atoms with Crippen LogP contribution in [0, 0.1) is 0 Å². The van der Waals surface area contributed by atoms with Crippen LogP contribution >= 0.6 is 0 Å². The summed E-state index contributed by atoms with van der Waals surface area (Å²) in [6.07, 6.45) is 0. The molecule has 10 rings (SSSR count). The largest absolute Gasteiger partial charge is 0.456 e. The van der Waals surface area contributed by atoms with Gasteiger partial charge in [0.1, 0.15) is 11.5 Å². The minimum Gasteiger partial charge on any atom is -0.456 e. The van der Waals surface area contributed by atoms with Crippen LogP contribution in [0.4, 0.5) is 0 Å². The summed E-state index contributed by atoms with van der Waals surface area (Å²) >= 11 is 0. The Hall–Kier alpha value is -5.92. The topological polar surface area (TPSA) is 9.23 Å². The molecule has 9 aromatic rings. The van der Waals surface area contributed by atoms with Crippen molar-refractivity contribution >= 4 is 43.1 Å². The predicted octanol–water partition coefficient (Wildman–Crippen LogP) is 12.5. The van der Waals surface area contributed by atoms with Gasteiger partial charge in [-0.25, -0.2) is 0 Å². The van der Waals surface area contributed by atoms with Crippen LogP contribution in [0.25, 0.3) is 87.6 Å². The average molecular weight is 585 g/mol. The van der Waals surface area contributed by atoms with Crippen molar-refractivity contribution in [3.63, 3.8) is 0 Å². The summed E-state index contributed by atoms with van der Waals surface area (Å²) in [4.78, 5) is 0. The van der Waals surface area contributed by atoms with Gasteiger partial charge < -0.3 is 4.74 Å². The Bertz CT molecular complexity index is 3360. The molecule has 0 N–H and O–H groups in total. The summed E-state index contributed by atoms with van der Waals surface area (Å²) in [5.41, 5.74) is 4.10. The monoisotopic (exact) mass is 584 g/mol. The fourth-order valence-corrected chi connectivity index (χ4v) is 6.55. The zero-order chi connectivity index (χ0) is 41.7. The van der Waals surface area contributed by atoms with E-state index in [2.05, 4.69) is 0 Å². The first-order valence-corrected chi connectivity index (χ1v) is 14.4. The van der Waals surface area contributed by atoms with Gasteiger partial charge in [0.2, 0.25) is 0 Å². The van der Waals surface area contributed by atoms with Crippen molar-refractivity contribution in [2.24, 2.45) is 0 Å². The van der Waals surface area contributed by atoms with Crippen LogP contribution in [0.2, 0.25) is 0 Å². The van der Waals surface area contributed by atoms with Crippen molar-refractivity contribution < 1.29 is 23.9 Å². The van der Waals surface area contributed by atoms with E-state index in [1.54, 1.807) is 30.3 Å². The summed E-state index contributed by atoms with van der Waals surface area (Å²) in [7, 11) is 0. The zero-order valence-electron chi connectivity index (χ0n) is 37.3. The molecule has 1 aliphatic heterocycles. The van der Waals surface area contributed by atoms with Gasteiger partial charge in [0.05, 0.1) is 19.2 Å². The molecule has 0 saturated heterocycles. The third kappa shape index (κ3) is 3.62. The SMILES string of the molecule is [2H]c1c([2H])c([2H])c(-c2ccc3c4c(cccc24)-c2cc(-c4cccc(-c5c([2H])c([2H])c6c([2H])c([2H])c7c([2H])c([2H])c([2H])c8c([2H])c([2H])c5c6c78)c4)ccc2O3)c([2H])c1[2H]. The maximum Gasteiger partial charge on any atom is 0.135 e. The standard InChI is InChI=1S/C44H26O/c1-2-7-27(8-3-1)34-22-24-41-44-36(34)13-6-14-37(44)39-26-32(19-23-40(39)45-41)31-11-5-12-33(25-31)35-20-17-30-16-15-28-9-4-10-29-18-21-38(35)43(30)42(28)29/h1-26H/i1D,2D,3D,4D,7D,8D,9D,10D,15D,16D,17D,18D,20D,21D. The Morgan fingerprint density at radius 1 is 0.378 bits per heavy atom. The molecule has 0 fully saturated rings. The Morgan fingerprint density at radius 2 is 1.11 bits per heavy atom. The molecule has 45 heavy (non-hydrogen) atoms. The molecule has 0 amide bonds. The second-order valence-electron chi connectivity index (χ2n) is 11.0. The van der Waals surface area contributed by atoms with Crippen LogP contribution in [-0.2, 0) is 0 Å². The van der Waals surface area contributed by atoms with Gasteiger partial charge in [0.25, 0.3) is 0 Å². The molecular formula is C44H26O. The lowest BCUT2D eigenvalue weighted by atomic mass is 9.88. The minimum atomic E-state index is -0.526. The zero-order valence-corrected chi connectivity index (χ0v) is 23.3. The lowest BCUT2D eigenvalue weighted by Gasteiger charge is -2.23. The lowest BCUT2D eigenvalue weighted by Crippen LogP contribution is -1.98. The fraction of sp³-hybridized carbons (Fsp3) is 0. The van der Waals surface area contributed by atoms with E-state index in [1.807, 2.05) is 42.5 Å². The second kappa shape index (κ2) is 9.29. The average Bonchev–Trinajstić information content (AvgIpc) is 3.23. The van der Waals surface area contributed by atoms with Crippen molar-refractivity contribution in [2.45, 2.75) is 0 Å². The summed E-state index contributed by atoms with van der Waals surface area (Å²) in [6, 6.07) is 16.1. The number of rotatable bonds is 3. The van der Waals surface area contributed by atoms with Crippen LogP contribution in [0.3, 0.4) is 0 Å². The van der Waals surface area contributed by atoms with Crippen LogP contribution in [0.5, 0.6) is 11.5 Å². The van der Waals surface area contributed by atoms with Crippen LogP contribution in [-0.4, -0.2) is 0 Å². The van der Waals surface area contributed by atoms with Crippen molar-refractivity contribution in [2.75, 3.05) is 0 Å². The first-order chi connectivity index (χ1) is 28.1. The predicted molar refractivity (Wildman–Crippen MR) is 189 cm³/mol. The number of benzene rings is 9. The van der Waals surface area contributed by atoms with Crippen LogP contribution in [0.1, 0.15) is 19.2 Å². The molecule has 1 nitrogen and oxygen atoms in total. The van der Waals surface area contributed by atoms with E-state index in [1.165, 1.54) is 0 Å². The van der Waals surface area contributed by atoms with E-state index in [0.717, 1.165) is 16.7 Å². The lowest BCUT2D eigenvalue weighted by molar-refractivity contribution is 0.487. The highest BCUT2D eigenvalue weighted by Crippen LogP contribution is 2.49. The highest BCUT2D eigenvalue weighted by molar-refractivity contribution is 6.25. The number of fused-ring (bicyclic) bond motifs is 2. The first-order valence-electron chi connectivity index (χ1n) is 21.4. The molecule has 0 saturated carbocycles.